The first-order chi connectivity index (χ1) is 10.9. The fourth-order valence-corrected chi connectivity index (χ4v) is 4.71. The molecule has 1 atom stereocenters. The van der Waals surface area contributed by atoms with Gasteiger partial charge in [-0.25, -0.2) is 8.42 Å². The van der Waals surface area contributed by atoms with Crippen molar-refractivity contribution < 1.29 is 13.2 Å². The van der Waals surface area contributed by atoms with E-state index < -0.39 is 10.0 Å². The van der Waals surface area contributed by atoms with Gasteiger partial charge in [-0.3, -0.25) is 9.89 Å². The maximum absolute atomic E-state index is 12.2. The Morgan fingerprint density at radius 2 is 1.96 bits per heavy atom. The first-order valence-electron chi connectivity index (χ1n) is 8.28. The van der Waals surface area contributed by atoms with Gasteiger partial charge in [-0.1, -0.05) is 19.3 Å². The predicted molar refractivity (Wildman–Crippen MR) is 86.5 cm³/mol. The van der Waals surface area contributed by atoms with Gasteiger partial charge in [0, 0.05) is 12.6 Å². The molecule has 1 amide bonds. The Bertz CT molecular complexity index is 664. The van der Waals surface area contributed by atoms with E-state index in [9.17, 15) is 13.2 Å². The summed E-state index contributed by atoms with van der Waals surface area (Å²) in [4.78, 5) is 12.2. The van der Waals surface area contributed by atoms with Crippen LogP contribution in [0.4, 0.5) is 0 Å². The van der Waals surface area contributed by atoms with Crippen LogP contribution >= 0.6 is 0 Å². The van der Waals surface area contributed by atoms with Gasteiger partial charge in [0.05, 0.1) is 18.0 Å². The van der Waals surface area contributed by atoms with Crippen LogP contribution < -0.4 is 5.32 Å². The molecule has 0 bridgehead atoms. The van der Waals surface area contributed by atoms with Crippen molar-refractivity contribution in [3.05, 3.63) is 17.5 Å². The van der Waals surface area contributed by atoms with Crippen LogP contribution in [0.1, 0.15) is 67.2 Å². The molecule has 0 radical (unpaired) electrons. The Balaban J connectivity index is 1.73. The van der Waals surface area contributed by atoms with Gasteiger partial charge in [0.1, 0.15) is 5.69 Å². The highest BCUT2D eigenvalue weighted by Gasteiger charge is 2.32. The van der Waals surface area contributed by atoms with E-state index in [1.165, 1.54) is 10.6 Å². The number of aromatic nitrogens is 2. The van der Waals surface area contributed by atoms with E-state index in [0.29, 0.717) is 17.9 Å². The van der Waals surface area contributed by atoms with Gasteiger partial charge in [0.2, 0.25) is 10.0 Å². The van der Waals surface area contributed by atoms with Gasteiger partial charge in [0.25, 0.3) is 5.91 Å². The van der Waals surface area contributed by atoms with Crippen molar-refractivity contribution in [1.29, 1.82) is 0 Å². The van der Waals surface area contributed by atoms with E-state index in [-0.39, 0.29) is 18.0 Å². The molecule has 128 valence electrons. The second-order valence-electron chi connectivity index (χ2n) is 6.55. The smallest absolute Gasteiger partial charge is 0.271 e. The lowest BCUT2D eigenvalue weighted by atomic mass is 10.0. The number of amides is 1. The zero-order valence-electron chi connectivity index (χ0n) is 13.4. The summed E-state index contributed by atoms with van der Waals surface area (Å²) in [6.07, 6.45) is 8.17. The lowest BCUT2D eigenvalue weighted by Crippen LogP contribution is -2.37. The second-order valence-corrected chi connectivity index (χ2v) is 8.48. The molecule has 8 heteroatoms. The highest BCUT2D eigenvalue weighted by Crippen LogP contribution is 2.32. The lowest BCUT2D eigenvalue weighted by Gasteiger charge is -2.32. The molecule has 2 fully saturated rings. The molecule has 1 aromatic heterocycles. The number of sulfonamides is 1. The SMILES string of the molecule is CS(=O)(=O)N1CCCC[C@@H]1c1cc(C(=O)NC2CCCC2)n[nH]1. The highest BCUT2D eigenvalue weighted by atomic mass is 32.2. The summed E-state index contributed by atoms with van der Waals surface area (Å²) in [6.45, 7) is 0.520. The second kappa shape index (κ2) is 6.60. The van der Waals surface area contributed by atoms with Crippen LogP contribution in [0.2, 0.25) is 0 Å². The monoisotopic (exact) mass is 340 g/mol. The number of piperidine rings is 1. The fraction of sp³-hybridized carbons (Fsp3) is 0.733. The molecule has 2 heterocycles. The molecule has 0 aromatic carbocycles. The highest BCUT2D eigenvalue weighted by molar-refractivity contribution is 7.88. The normalized spacial score (nSPS) is 24.0. The van der Waals surface area contributed by atoms with E-state index in [4.69, 9.17) is 0 Å². The van der Waals surface area contributed by atoms with E-state index in [1.54, 1.807) is 6.07 Å². The molecule has 1 aliphatic carbocycles. The van der Waals surface area contributed by atoms with Crippen molar-refractivity contribution in [2.45, 2.75) is 57.0 Å². The van der Waals surface area contributed by atoms with Gasteiger partial charge in [-0.2, -0.15) is 9.40 Å². The number of carbonyl (C=O) groups is 1. The average molecular weight is 340 g/mol. The lowest BCUT2D eigenvalue weighted by molar-refractivity contribution is 0.0933. The standard InChI is InChI=1S/C15H24N4O3S/c1-23(21,22)19-9-5-4-8-14(19)12-10-13(18-17-12)15(20)16-11-6-2-3-7-11/h10-11,14H,2-9H2,1H3,(H,16,20)(H,17,18)/t14-/m1/s1. The number of nitrogens with one attached hydrogen (secondary N) is 2. The minimum Gasteiger partial charge on any atom is -0.348 e. The van der Waals surface area contributed by atoms with Gasteiger partial charge in [-0.05, 0) is 31.7 Å². The van der Waals surface area contributed by atoms with Gasteiger partial charge in [-0.15, -0.1) is 0 Å². The molecule has 1 saturated carbocycles. The Hall–Kier alpha value is -1.41. The molecule has 7 nitrogen and oxygen atoms in total. The molecule has 2 aliphatic rings. The topological polar surface area (TPSA) is 95.2 Å². The summed E-state index contributed by atoms with van der Waals surface area (Å²) in [5, 5.41) is 9.96. The number of rotatable bonds is 4. The van der Waals surface area contributed by atoms with Crippen LogP contribution in [0.3, 0.4) is 0 Å². The fourth-order valence-electron chi connectivity index (χ4n) is 3.57. The molecule has 0 spiro atoms. The van der Waals surface area contributed by atoms with E-state index in [1.807, 2.05) is 0 Å². The predicted octanol–water partition coefficient (Wildman–Crippen LogP) is 1.57. The van der Waals surface area contributed by atoms with Crippen LogP contribution in [-0.4, -0.2) is 47.7 Å². The van der Waals surface area contributed by atoms with Crippen molar-refractivity contribution in [3.8, 4) is 0 Å². The summed E-state index contributed by atoms with van der Waals surface area (Å²) in [5.74, 6) is -0.180. The third-order valence-corrected chi connectivity index (χ3v) is 6.05. The number of H-pyrrole nitrogens is 1. The van der Waals surface area contributed by atoms with E-state index in [0.717, 1.165) is 44.9 Å². The van der Waals surface area contributed by atoms with Crippen LogP contribution in [0.5, 0.6) is 0 Å². The molecule has 0 unspecified atom stereocenters. The zero-order chi connectivity index (χ0) is 16.4. The number of hydrogen-bond donors (Lipinski definition) is 2. The average Bonchev–Trinajstić information content (AvgIpc) is 3.17. The maximum Gasteiger partial charge on any atom is 0.271 e. The van der Waals surface area contributed by atoms with Crippen molar-refractivity contribution in [3.63, 3.8) is 0 Å². The molecule has 1 aliphatic heterocycles. The van der Waals surface area contributed by atoms with Crippen molar-refractivity contribution >= 4 is 15.9 Å². The third kappa shape index (κ3) is 3.74. The van der Waals surface area contributed by atoms with Crippen molar-refractivity contribution in [2.24, 2.45) is 0 Å². The first kappa shape index (κ1) is 16.4. The van der Waals surface area contributed by atoms with Gasteiger partial charge >= 0.3 is 0 Å². The first-order valence-corrected chi connectivity index (χ1v) is 10.1. The van der Waals surface area contributed by atoms with Crippen LogP contribution in [0, 0.1) is 0 Å². The quantitative estimate of drug-likeness (QED) is 0.870. The molecule has 1 aromatic rings. The van der Waals surface area contributed by atoms with Crippen LogP contribution in [-0.2, 0) is 10.0 Å². The molecule has 2 N–H and O–H groups in total. The van der Waals surface area contributed by atoms with Crippen LogP contribution in [0.15, 0.2) is 6.07 Å². The van der Waals surface area contributed by atoms with Crippen LogP contribution in [0.25, 0.3) is 0 Å². The molecule has 3 rings (SSSR count). The minimum atomic E-state index is -3.27. The molecule has 1 saturated heterocycles. The summed E-state index contributed by atoms with van der Waals surface area (Å²) in [6, 6.07) is 1.68. The van der Waals surface area contributed by atoms with Gasteiger partial charge < -0.3 is 5.32 Å². The Kier molecular flexibility index (Phi) is 4.72. The zero-order valence-corrected chi connectivity index (χ0v) is 14.2. The number of aromatic amines is 1. The molecular formula is C15H24N4O3S. The number of hydrogen-bond acceptors (Lipinski definition) is 4. The number of nitrogens with zero attached hydrogens (tertiary/aromatic N) is 2. The third-order valence-electron chi connectivity index (χ3n) is 4.76. The molecule has 23 heavy (non-hydrogen) atoms. The summed E-state index contributed by atoms with van der Waals surface area (Å²) < 4.78 is 25.4. The largest absolute Gasteiger partial charge is 0.348 e. The number of carbonyl (C=O) groups excluding carboxylic acids is 1. The maximum atomic E-state index is 12.2. The Morgan fingerprint density at radius 3 is 2.65 bits per heavy atom. The van der Waals surface area contributed by atoms with E-state index >= 15 is 0 Å². The minimum absolute atomic E-state index is 0.180. The Morgan fingerprint density at radius 1 is 1.26 bits per heavy atom. The summed E-state index contributed by atoms with van der Waals surface area (Å²) >= 11 is 0. The molecular weight excluding hydrogens is 316 g/mol. The summed E-state index contributed by atoms with van der Waals surface area (Å²) in [7, 11) is -3.27. The van der Waals surface area contributed by atoms with Crippen molar-refractivity contribution in [1.82, 2.24) is 19.8 Å². The van der Waals surface area contributed by atoms with Crippen molar-refractivity contribution in [2.75, 3.05) is 12.8 Å². The summed E-state index contributed by atoms with van der Waals surface area (Å²) in [5.41, 5.74) is 1.04. The van der Waals surface area contributed by atoms with E-state index in [2.05, 4.69) is 15.5 Å². The van der Waals surface area contributed by atoms with Gasteiger partial charge in [0.15, 0.2) is 0 Å². The Labute approximate surface area is 136 Å².